The number of hydrogen-bond acceptors (Lipinski definition) is 3. The third-order valence-corrected chi connectivity index (χ3v) is 6.86. The maximum Gasteiger partial charge on any atom is 0.306 e. The van der Waals surface area contributed by atoms with Crippen molar-refractivity contribution in [3.63, 3.8) is 0 Å². The predicted octanol–water partition coefficient (Wildman–Crippen LogP) is 9.78. The molecule has 0 atom stereocenters. The Morgan fingerprint density at radius 1 is 0.639 bits per heavy atom. The quantitative estimate of drug-likeness (QED) is 0.101. The van der Waals surface area contributed by atoms with E-state index in [0.29, 0.717) is 6.42 Å². The number of ether oxygens (including phenoxy) is 2. The standard InChI is InChI=1S/C33H46O3/c1-27(2)36-33(34)23-14-12-10-8-6-4-3-5-7-9-11-13-17-24-35-32-22-18-21-30-25-28-19-15-16-20-29(28)26-31(30)32/h15-16,18-22,25-27H,3-14,17,23-24H2,1-2H3. The molecule has 0 aliphatic heterocycles. The van der Waals surface area contributed by atoms with Crippen LogP contribution < -0.4 is 4.74 Å². The Balaban J connectivity index is 1.15. The smallest absolute Gasteiger partial charge is 0.306 e. The Bertz CT molecular complexity index is 1040. The van der Waals surface area contributed by atoms with Crippen LogP contribution in [0.2, 0.25) is 0 Å². The minimum absolute atomic E-state index is 0.00828. The molecule has 0 bridgehead atoms. The molecule has 3 aromatic rings. The molecular formula is C33H46O3. The second-order valence-corrected chi connectivity index (χ2v) is 10.4. The maximum absolute atomic E-state index is 11.5. The van der Waals surface area contributed by atoms with Crippen molar-refractivity contribution in [2.75, 3.05) is 6.61 Å². The topological polar surface area (TPSA) is 35.5 Å². The number of hydrogen-bond donors (Lipinski definition) is 0. The minimum Gasteiger partial charge on any atom is -0.493 e. The molecule has 36 heavy (non-hydrogen) atoms. The highest BCUT2D eigenvalue weighted by molar-refractivity contribution is 6.00. The van der Waals surface area contributed by atoms with Gasteiger partial charge in [-0.25, -0.2) is 0 Å². The van der Waals surface area contributed by atoms with E-state index in [2.05, 4.69) is 54.6 Å². The van der Waals surface area contributed by atoms with Gasteiger partial charge in [0.15, 0.2) is 0 Å². The summed E-state index contributed by atoms with van der Waals surface area (Å²) in [7, 11) is 0. The Hall–Kier alpha value is -2.55. The fourth-order valence-electron chi connectivity index (χ4n) is 4.88. The normalized spacial score (nSPS) is 11.4. The molecule has 0 saturated heterocycles. The molecular weight excluding hydrogens is 444 g/mol. The summed E-state index contributed by atoms with van der Waals surface area (Å²) in [5.41, 5.74) is 0. The highest BCUT2D eigenvalue weighted by Gasteiger charge is 2.05. The van der Waals surface area contributed by atoms with Crippen LogP contribution in [-0.4, -0.2) is 18.7 Å². The highest BCUT2D eigenvalue weighted by Crippen LogP contribution is 2.30. The van der Waals surface area contributed by atoms with E-state index in [1.54, 1.807) is 0 Å². The molecule has 3 rings (SSSR count). The summed E-state index contributed by atoms with van der Waals surface area (Å²) in [5.74, 6) is 0.961. The summed E-state index contributed by atoms with van der Waals surface area (Å²) >= 11 is 0. The van der Waals surface area contributed by atoms with Crippen molar-refractivity contribution in [2.45, 2.75) is 110 Å². The first-order valence-corrected chi connectivity index (χ1v) is 14.4. The van der Waals surface area contributed by atoms with Crippen molar-refractivity contribution < 1.29 is 14.3 Å². The number of esters is 1. The second-order valence-electron chi connectivity index (χ2n) is 10.4. The van der Waals surface area contributed by atoms with E-state index in [9.17, 15) is 4.79 Å². The van der Waals surface area contributed by atoms with E-state index < -0.39 is 0 Å². The lowest BCUT2D eigenvalue weighted by molar-refractivity contribution is -0.147. The summed E-state index contributed by atoms with van der Waals surface area (Å²) < 4.78 is 11.3. The zero-order valence-corrected chi connectivity index (χ0v) is 22.6. The minimum atomic E-state index is -0.0452. The van der Waals surface area contributed by atoms with Crippen molar-refractivity contribution >= 4 is 27.5 Å². The first-order chi connectivity index (χ1) is 17.6. The Kier molecular flexibility index (Phi) is 12.6. The van der Waals surface area contributed by atoms with Gasteiger partial charge in [-0.15, -0.1) is 0 Å². The van der Waals surface area contributed by atoms with E-state index in [4.69, 9.17) is 9.47 Å². The number of carbonyl (C=O) groups is 1. The lowest BCUT2D eigenvalue weighted by Crippen LogP contribution is -2.10. The van der Waals surface area contributed by atoms with Gasteiger partial charge in [-0.1, -0.05) is 107 Å². The van der Waals surface area contributed by atoms with E-state index in [-0.39, 0.29) is 12.1 Å². The summed E-state index contributed by atoms with van der Waals surface area (Å²) in [4.78, 5) is 11.5. The Labute approximate surface area is 218 Å². The van der Waals surface area contributed by atoms with Gasteiger partial charge in [0.05, 0.1) is 12.7 Å². The largest absolute Gasteiger partial charge is 0.493 e. The summed E-state index contributed by atoms with van der Waals surface area (Å²) in [5, 5.41) is 5.00. The van der Waals surface area contributed by atoms with Gasteiger partial charge in [0.1, 0.15) is 5.75 Å². The van der Waals surface area contributed by atoms with Crippen molar-refractivity contribution in [2.24, 2.45) is 0 Å². The monoisotopic (exact) mass is 490 g/mol. The summed E-state index contributed by atoms with van der Waals surface area (Å²) in [6, 6.07) is 19.4. The van der Waals surface area contributed by atoms with Crippen LogP contribution in [0.15, 0.2) is 54.6 Å². The first-order valence-electron chi connectivity index (χ1n) is 14.4. The van der Waals surface area contributed by atoms with Crippen molar-refractivity contribution in [1.82, 2.24) is 0 Å². The molecule has 0 fully saturated rings. The molecule has 0 N–H and O–H groups in total. The van der Waals surface area contributed by atoms with Gasteiger partial charge in [0.2, 0.25) is 0 Å². The van der Waals surface area contributed by atoms with Crippen LogP contribution in [0, 0.1) is 0 Å². The third kappa shape index (κ3) is 10.2. The van der Waals surface area contributed by atoms with E-state index in [1.165, 1.54) is 85.8 Å². The van der Waals surface area contributed by atoms with Gasteiger partial charge in [-0.2, -0.15) is 0 Å². The molecule has 0 radical (unpaired) electrons. The number of benzene rings is 3. The van der Waals surface area contributed by atoms with Crippen LogP contribution >= 0.6 is 0 Å². The molecule has 0 heterocycles. The van der Waals surface area contributed by atoms with Crippen molar-refractivity contribution in [3.8, 4) is 5.75 Å². The molecule has 0 unspecified atom stereocenters. The van der Waals surface area contributed by atoms with Crippen molar-refractivity contribution in [1.29, 1.82) is 0 Å². The van der Waals surface area contributed by atoms with Gasteiger partial charge in [0.25, 0.3) is 0 Å². The van der Waals surface area contributed by atoms with Gasteiger partial charge >= 0.3 is 5.97 Å². The van der Waals surface area contributed by atoms with E-state index >= 15 is 0 Å². The van der Waals surface area contributed by atoms with Crippen LogP contribution in [0.4, 0.5) is 0 Å². The SMILES string of the molecule is CC(C)OC(=O)CCCCCCCCCCCCCCCOc1cccc2cc3ccccc3cc12. The highest BCUT2D eigenvalue weighted by atomic mass is 16.5. The number of unbranched alkanes of at least 4 members (excludes halogenated alkanes) is 12. The summed E-state index contributed by atoms with van der Waals surface area (Å²) in [6.07, 6.45) is 17.0. The molecule has 0 aliphatic rings. The average Bonchev–Trinajstić information content (AvgIpc) is 2.87. The molecule has 3 nitrogen and oxygen atoms in total. The number of carbonyl (C=O) groups excluding carboxylic acids is 1. The molecule has 0 aliphatic carbocycles. The van der Waals surface area contributed by atoms with Gasteiger partial charge in [0, 0.05) is 11.8 Å². The molecule has 0 saturated carbocycles. The molecule has 0 aromatic heterocycles. The van der Waals surface area contributed by atoms with Crippen molar-refractivity contribution in [3.05, 3.63) is 54.6 Å². The van der Waals surface area contributed by atoms with Gasteiger partial charge < -0.3 is 9.47 Å². The summed E-state index contributed by atoms with van der Waals surface area (Å²) in [6.45, 7) is 4.61. The number of fused-ring (bicyclic) bond motifs is 2. The van der Waals surface area contributed by atoms with Gasteiger partial charge in [-0.3, -0.25) is 4.79 Å². The fourth-order valence-corrected chi connectivity index (χ4v) is 4.88. The first kappa shape index (κ1) is 28.0. The lowest BCUT2D eigenvalue weighted by atomic mass is 10.0. The van der Waals surface area contributed by atoms with Crippen LogP contribution in [0.3, 0.4) is 0 Å². The fraction of sp³-hybridized carbons (Fsp3) is 0.545. The Morgan fingerprint density at radius 3 is 1.78 bits per heavy atom. The van der Waals surface area contributed by atoms with Crippen LogP contribution in [-0.2, 0) is 9.53 Å². The molecule has 196 valence electrons. The maximum atomic E-state index is 11.5. The van der Waals surface area contributed by atoms with E-state index in [0.717, 1.165) is 31.6 Å². The average molecular weight is 491 g/mol. The number of rotatable bonds is 18. The zero-order chi connectivity index (χ0) is 25.4. The van der Waals surface area contributed by atoms with Crippen LogP contribution in [0.25, 0.3) is 21.5 Å². The molecule has 0 spiro atoms. The zero-order valence-electron chi connectivity index (χ0n) is 22.6. The third-order valence-electron chi connectivity index (χ3n) is 6.86. The van der Waals surface area contributed by atoms with Gasteiger partial charge in [-0.05, 0) is 61.0 Å². The molecule has 0 amide bonds. The molecule has 3 aromatic carbocycles. The predicted molar refractivity (Wildman–Crippen MR) is 153 cm³/mol. The lowest BCUT2D eigenvalue weighted by Gasteiger charge is -2.10. The second kappa shape index (κ2) is 16.2. The van der Waals surface area contributed by atoms with Crippen LogP contribution in [0.1, 0.15) is 104 Å². The van der Waals surface area contributed by atoms with Crippen LogP contribution in [0.5, 0.6) is 5.75 Å². The Morgan fingerprint density at radius 2 is 1.17 bits per heavy atom. The van der Waals surface area contributed by atoms with E-state index in [1.807, 2.05) is 13.8 Å². The molecule has 3 heteroatoms.